The number of aryl methyl sites for hydroxylation is 1. The molecule has 0 spiro atoms. The van der Waals surface area contributed by atoms with Crippen LogP contribution >= 0.6 is 11.3 Å². The van der Waals surface area contributed by atoms with E-state index in [4.69, 9.17) is 9.47 Å². The minimum Gasteiger partial charge on any atom is -0.453 e. The molecule has 1 N–H and O–H groups in total. The highest BCUT2D eigenvalue weighted by Gasteiger charge is 2.17. The predicted molar refractivity (Wildman–Crippen MR) is 121 cm³/mol. The van der Waals surface area contributed by atoms with Crippen LogP contribution < -0.4 is 5.32 Å². The summed E-state index contributed by atoms with van der Waals surface area (Å²) in [6, 6.07) is 7.22. The number of methoxy groups -OCH3 is 1. The Labute approximate surface area is 191 Å². The van der Waals surface area contributed by atoms with Crippen LogP contribution in [0.2, 0.25) is 0 Å². The molecule has 0 unspecified atom stereocenters. The molecule has 2 aromatic rings. The number of thiophene rings is 1. The fraction of sp³-hybridized carbons (Fsp3) is 0.391. The molecule has 32 heavy (non-hydrogen) atoms. The van der Waals surface area contributed by atoms with E-state index in [1.807, 2.05) is 36.6 Å². The van der Waals surface area contributed by atoms with Gasteiger partial charge in [0.15, 0.2) is 6.61 Å². The zero-order valence-corrected chi connectivity index (χ0v) is 19.5. The molecule has 2 rings (SSSR count). The fourth-order valence-corrected chi connectivity index (χ4v) is 4.03. The predicted octanol–water partition coefficient (Wildman–Crippen LogP) is 2.82. The molecule has 0 saturated heterocycles. The second kappa shape index (κ2) is 12.0. The molecule has 2 heterocycles. The van der Waals surface area contributed by atoms with E-state index in [2.05, 4.69) is 5.32 Å². The molecule has 0 aromatic carbocycles. The molecule has 0 saturated carbocycles. The largest absolute Gasteiger partial charge is 0.453 e. The first-order valence-electron chi connectivity index (χ1n) is 10.1. The summed E-state index contributed by atoms with van der Waals surface area (Å²) in [5.74, 6) is -1.29. The van der Waals surface area contributed by atoms with Crippen LogP contribution in [0.1, 0.15) is 38.4 Å². The van der Waals surface area contributed by atoms with E-state index in [1.54, 1.807) is 13.2 Å². The lowest BCUT2D eigenvalue weighted by molar-refractivity contribution is -0.137. The maximum Gasteiger partial charge on any atom is 0.349 e. The highest BCUT2D eigenvalue weighted by molar-refractivity contribution is 7.14. The van der Waals surface area contributed by atoms with E-state index in [0.29, 0.717) is 31.0 Å². The molecule has 0 atom stereocenters. The summed E-state index contributed by atoms with van der Waals surface area (Å²) in [7, 11) is 1.63. The summed E-state index contributed by atoms with van der Waals surface area (Å²) in [5, 5.41) is 12.1. The van der Waals surface area contributed by atoms with Gasteiger partial charge in [-0.3, -0.25) is 9.59 Å². The molecule has 0 radical (unpaired) electrons. The van der Waals surface area contributed by atoms with E-state index in [1.165, 1.54) is 24.3 Å². The smallest absolute Gasteiger partial charge is 0.349 e. The Hall–Kier alpha value is -3.22. The second-order valence-corrected chi connectivity index (χ2v) is 8.31. The second-order valence-electron chi connectivity index (χ2n) is 7.14. The lowest BCUT2D eigenvalue weighted by Crippen LogP contribution is -2.22. The molecule has 0 aliphatic rings. The number of ether oxygens (including phenoxy) is 2. The number of esters is 1. The van der Waals surface area contributed by atoms with E-state index >= 15 is 0 Å². The zero-order chi connectivity index (χ0) is 23.7. The molecule has 1 amide bonds. The van der Waals surface area contributed by atoms with Crippen LogP contribution in [0.3, 0.4) is 0 Å². The first kappa shape index (κ1) is 25.0. The summed E-state index contributed by atoms with van der Waals surface area (Å²) in [5.41, 5.74) is 2.45. The Morgan fingerprint density at radius 1 is 1.28 bits per heavy atom. The maximum atomic E-state index is 12.4. The van der Waals surface area contributed by atoms with Gasteiger partial charge in [-0.05, 0) is 50.1 Å². The van der Waals surface area contributed by atoms with Crippen molar-refractivity contribution in [1.29, 1.82) is 5.26 Å². The number of ketones is 1. The SMILES string of the molecule is COCCn1c(C)cc(C=C(C#N)C(=O)OCC(=O)c2ccc(CCNC(C)=O)s2)c1C. The molecule has 0 fully saturated rings. The van der Waals surface area contributed by atoms with Gasteiger partial charge in [0.1, 0.15) is 11.6 Å². The highest BCUT2D eigenvalue weighted by Crippen LogP contribution is 2.20. The molecule has 8 nitrogen and oxygen atoms in total. The van der Waals surface area contributed by atoms with Crippen LogP contribution in [0, 0.1) is 25.2 Å². The number of amides is 1. The number of Topliss-reactive ketones (excluding diaryl/α,β-unsaturated/α-hetero) is 1. The summed E-state index contributed by atoms with van der Waals surface area (Å²) in [4.78, 5) is 37.1. The van der Waals surface area contributed by atoms with Gasteiger partial charge < -0.3 is 19.4 Å². The molecule has 0 aliphatic carbocycles. The van der Waals surface area contributed by atoms with Crippen LogP contribution in [-0.4, -0.2) is 49.1 Å². The topological polar surface area (TPSA) is 110 Å². The summed E-state index contributed by atoms with van der Waals surface area (Å²) in [6.07, 6.45) is 2.09. The zero-order valence-electron chi connectivity index (χ0n) is 18.7. The number of nitriles is 1. The van der Waals surface area contributed by atoms with Crippen LogP contribution in [0.25, 0.3) is 6.08 Å². The van der Waals surface area contributed by atoms with Gasteiger partial charge in [-0.15, -0.1) is 11.3 Å². The minimum atomic E-state index is -0.843. The standard InChI is InChI=1S/C23H27N3O5S/c1-15-11-18(16(2)26(15)9-10-30-4)12-19(13-24)23(29)31-14-21(28)22-6-5-20(32-22)7-8-25-17(3)27/h5-6,11-12H,7-10,14H2,1-4H3,(H,25,27). The van der Waals surface area contributed by atoms with Crippen molar-refractivity contribution in [2.75, 3.05) is 26.9 Å². The van der Waals surface area contributed by atoms with Crippen molar-refractivity contribution in [2.24, 2.45) is 0 Å². The van der Waals surface area contributed by atoms with Crippen LogP contribution in [0.15, 0.2) is 23.8 Å². The number of carbonyl (C=O) groups excluding carboxylic acids is 3. The Bertz CT molecular complexity index is 1060. The van der Waals surface area contributed by atoms with Crippen molar-refractivity contribution < 1.29 is 23.9 Å². The third kappa shape index (κ3) is 6.90. The Morgan fingerprint density at radius 3 is 2.69 bits per heavy atom. The van der Waals surface area contributed by atoms with Gasteiger partial charge in [0.25, 0.3) is 0 Å². The van der Waals surface area contributed by atoms with Gasteiger partial charge >= 0.3 is 5.97 Å². The first-order chi connectivity index (χ1) is 15.3. The number of nitrogens with one attached hydrogen (secondary N) is 1. The molecule has 2 aromatic heterocycles. The summed E-state index contributed by atoms with van der Waals surface area (Å²) < 4.78 is 12.2. The lowest BCUT2D eigenvalue weighted by Gasteiger charge is -2.08. The minimum absolute atomic E-state index is 0.108. The van der Waals surface area contributed by atoms with Crippen molar-refractivity contribution in [2.45, 2.75) is 33.7 Å². The monoisotopic (exact) mass is 457 g/mol. The summed E-state index contributed by atoms with van der Waals surface area (Å²) >= 11 is 1.29. The van der Waals surface area contributed by atoms with Gasteiger partial charge in [-0.2, -0.15) is 5.26 Å². The Balaban J connectivity index is 1.99. The van der Waals surface area contributed by atoms with Crippen LogP contribution in [-0.2, 0) is 32.0 Å². The molecular formula is C23H27N3O5S. The van der Waals surface area contributed by atoms with Crippen molar-refractivity contribution in [3.63, 3.8) is 0 Å². The van der Waals surface area contributed by atoms with Gasteiger partial charge in [0.2, 0.25) is 11.7 Å². The summed E-state index contributed by atoms with van der Waals surface area (Å²) in [6.45, 7) is 6.54. The third-order valence-corrected chi connectivity index (χ3v) is 5.97. The van der Waals surface area contributed by atoms with E-state index in [9.17, 15) is 19.6 Å². The van der Waals surface area contributed by atoms with Gasteiger partial charge in [0, 0.05) is 43.4 Å². The van der Waals surface area contributed by atoms with Crippen molar-refractivity contribution in [1.82, 2.24) is 9.88 Å². The number of nitrogens with zero attached hydrogens (tertiary/aromatic N) is 2. The average molecular weight is 458 g/mol. The Morgan fingerprint density at radius 2 is 2.03 bits per heavy atom. The van der Waals surface area contributed by atoms with Crippen molar-refractivity contribution in [3.05, 3.63) is 50.5 Å². The average Bonchev–Trinajstić information content (AvgIpc) is 3.33. The molecule has 9 heteroatoms. The van der Waals surface area contributed by atoms with Gasteiger partial charge in [-0.25, -0.2) is 4.79 Å². The van der Waals surface area contributed by atoms with Crippen molar-refractivity contribution in [3.8, 4) is 6.07 Å². The highest BCUT2D eigenvalue weighted by atomic mass is 32.1. The number of hydrogen-bond donors (Lipinski definition) is 1. The lowest BCUT2D eigenvalue weighted by atomic mass is 10.1. The fourth-order valence-electron chi connectivity index (χ4n) is 3.10. The van der Waals surface area contributed by atoms with Gasteiger partial charge in [-0.1, -0.05) is 0 Å². The molecule has 0 aliphatic heterocycles. The number of aromatic nitrogens is 1. The van der Waals surface area contributed by atoms with Crippen LogP contribution in [0.4, 0.5) is 0 Å². The van der Waals surface area contributed by atoms with E-state index in [0.717, 1.165) is 21.8 Å². The van der Waals surface area contributed by atoms with Gasteiger partial charge in [0.05, 0.1) is 11.5 Å². The number of rotatable bonds is 11. The van der Waals surface area contributed by atoms with E-state index in [-0.39, 0.29) is 17.3 Å². The Kier molecular flexibility index (Phi) is 9.38. The maximum absolute atomic E-state index is 12.4. The third-order valence-electron chi connectivity index (χ3n) is 4.79. The van der Waals surface area contributed by atoms with Crippen molar-refractivity contribution >= 4 is 35.1 Å². The molecular weight excluding hydrogens is 430 g/mol. The number of hydrogen-bond acceptors (Lipinski definition) is 7. The molecule has 0 bridgehead atoms. The first-order valence-corrected chi connectivity index (χ1v) is 10.9. The number of carbonyl (C=O) groups is 3. The molecule has 170 valence electrons. The quantitative estimate of drug-likeness (QED) is 0.240. The van der Waals surface area contributed by atoms with Crippen LogP contribution in [0.5, 0.6) is 0 Å². The van der Waals surface area contributed by atoms with E-state index < -0.39 is 12.6 Å². The normalized spacial score (nSPS) is 11.2.